The molecule has 0 aliphatic carbocycles. The smallest absolute Gasteiger partial charge is 0.142 e. The van der Waals surface area contributed by atoms with Gasteiger partial charge in [-0.25, -0.2) is 0 Å². The molecule has 0 saturated heterocycles. The number of halogens is 1. The SMILES string of the molecule is [C-]#[N+]c1cc(-c2ccc(-c3ccccc3-c3cc(C)cc(-c4ccccc4-c4cnc(-c5[c-]cccc5)cc4-c4ccc(-c5ccccc5)cc4)c3)cn2)[c-]cc1F.[Ir]. The maximum absolute atomic E-state index is 14.0. The number of aromatic nitrogens is 2. The zero-order chi connectivity index (χ0) is 39.4. The van der Waals surface area contributed by atoms with Gasteiger partial charge in [-0.15, -0.1) is 59.7 Å². The normalized spacial score (nSPS) is 10.7. The minimum atomic E-state index is -0.588. The standard InChI is InChI=1S/C54H34FN3.Ir/c1-36-29-43(46-18-10-9-17-45(46)42-26-28-52(57-34-42)41-25-27-51(55)54(32-41)56-2)31-44(30-36)47-19-11-12-20-48(47)50-35-58-53(40-15-7-4-8-16-40)33-49(50)39-23-21-38(22-24-39)37-13-5-3-6-14-37;/h3-15,17-24,26-35H,1H3;/q-2;. The summed E-state index contributed by atoms with van der Waals surface area (Å²) in [4.78, 5) is 13.0. The molecule has 3 nitrogen and oxygen atoms in total. The van der Waals surface area contributed by atoms with Gasteiger partial charge < -0.3 is 9.97 Å². The minimum absolute atomic E-state index is 0. The van der Waals surface area contributed by atoms with E-state index in [0.29, 0.717) is 11.3 Å². The number of hydrogen-bond donors (Lipinski definition) is 0. The molecule has 9 aromatic rings. The number of pyridine rings is 2. The van der Waals surface area contributed by atoms with Crippen LogP contribution in [0.25, 0.3) is 94.1 Å². The number of benzene rings is 7. The Labute approximate surface area is 357 Å². The largest absolute Gasteiger partial charge is 0.304 e. The first-order valence-corrected chi connectivity index (χ1v) is 19.0. The Bertz CT molecular complexity index is 2960. The summed E-state index contributed by atoms with van der Waals surface area (Å²) in [7, 11) is 0. The van der Waals surface area contributed by atoms with E-state index < -0.39 is 5.82 Å². The van der Waals surface area contributed by atoms with Gasteiger partial charge in [-0.05, 0) is 91.1 Å². The van der Waals surface area contributed by atoms with E-state index in [-0.39, 0.29) is 25.8 Å². The van der Waals surface area contributed by atoms with E-state index in [1.807, 2.05) is 60.9 Å². The molecule has 0 aliphatic rings. The second-order valence-corrected chi connectivity index (χ2v) is 14.1. The first-order valence-electron chi connectivity index (χ1n) is 19.0. The Balaban J connectivity index is 0.00000484. The summed E-state index contributed by atoms with van der Waals surface area (Å²) in [5, 5.41) is 0. The topological polar surface area (TPSA) is 30.1 Å². The van der Waals surface area contributed by atoms with Crippen molar-refractivity contribution in [2.45, 2.75) is 6.92 Å². The van der Waals surface area contributed by atoms with Crippen molar-refractivity contribution >= 4 is 5.69 Å². The molecule has 0 fully saturated rings. The van der Waals surface area contributed by atoms with Crippen molar-refractivity contribution in [2.24, 2.45) is 0 Å². The van der Waals surface area contributed by atoms with Crippen molar-refractivity contribution in [1.29, 1.82) is 0 Å². The average molecular weight is 936 g/mol. The molecule has 0 amide bonds. The number of nitrogens with zero attached hydrogens (tertiary/aromatic N) is 3. The van der Waals surface area contributed by atoms with Crippen LogP contribution in [0.1, 0.15) is 5.56 Å². The molecule has 59 heavy (non-hydrogen) atoms. The molecule has 0 N–H and O–H groups in total. The number of rotatable bonds is 8. The summed E-state index contributed by atoms with van der Waals surface area (Å²) in [6, 6.07) is 65.9. The van der Waals surface area contributed by atoms with Gasteiger partial charge >= 0.3 is 0 Å². The van der Waals surface area contributed by atoms with E-state index >= 15 is 0 Å². The molecule has 283 valence electrons. The van der Waals surface area contributed by atoms with Crippen molar-refractivity contribution in [3.8, 4) is 89.3 Å². The van der Waals surface area contributed by atoms with Gasteiger partial charge in [0.1, 0.15) is 5.69 Å². The van der Waals surface area contributed by atoms with E-state index in [0.717, 1.165) is 78.0 Å². The molecule has 5 heteroatoms. The molecule has 0 unspecified atom stereocenters. The fraction of sp³-hybridized carbons (Fsp3) is 0.0185. The zero-order valence-corrected chi connectivity index (χ0v) is 34.3. The number of aryl methyl sites for hydroxylation is 1. The van der Waals surface area contributed by atoms with Crippen LogP contribution < -0.4 is 0 Å². The molecular weight excluding hydrogens is 902 g/mol. The molecule has 2 aromatic heterocycles. The summed E-state index contributed by atoms with van der Waals surface area (Å²) in [5.74, 6) is -0.588. The Morgan fingerprint density at radius 1 is 0.475 bits per heavy atom. The molecule has 7 aromatic carbocycles. The van der Waals surface area contributed by atoms with Gasteiger partial charge in [-0.1, -0.05) is 133 Å². The van der Waals surface area contributed by atoms with Crippen molar-refractivity contribution in [2.75, 3.05) is 0 Å². The third-order valence-corrected chi connectivity index (χ3v) is 10.4. The second-order valence-electron chi connectivity index (χ2n) is 14.1. The predicted molar refractivity (Wildman–Crippen MR) is 234 cm³/mol. The molecule has 0 bridgehead atoms. The van der Waals surface area contributed by atoms with Gasteiger partial charge in [-0.3, -0.25) is 9.24 Å². The molecule has 9 rings (SSSR count). The molecular formula is C54H34FIrN3-2. The first kappa shape index (κ1) is 38.8. The molecule has 0 spiro atoms. The van der Waals surface area contributed by atoms with Gasteiger partial charge in [0.25, 0.3) is 0 Å². The van der Waals surface area contributed by atoms with Gasteiger partial charge in [-0.2, -0.15) is 0 Å². The Kier molecular flexibility index (Phi) is 11.3. The summed E-state index contributed by atoms with van der Waals surface area (Å²) in [6.45, 7) is 9.43. The van der Waals surface area contributed by atoms with Crippen molar-refractivity contribution in [1.82, 2.24) is 9.97 Å². The van der Waals surface area contributed by atoms with E-state index in [1.54, 1.807) is 0 Å². The summed E-state index contributed by atoms with van der Waals surface area (Å²) in [5.41, 5.74) is 17.1. The van der Waals surface area contributed by atoms with E-state index in [4.69, 9.17) is 16.5 Å². The van der Waals surface area contributed by atoms with E-state index in [2.05, 4.69) is 139 Å². The predicted octanol–water partition coefficient (Wildman–Crippen LogP) is 14.4. The van der Waals surface area contributed by atoms with Crippen molar-refractivity contribution in [3.05, 3.63) is 223 Å². The van der Waals surface area contributed by atoms with Crippen LogP contribution in [0.2, 0.25) is 0 Å². The molecule has 1 radical (unpaired) electrons. The molecule has 0 saturated carbocycles. The summed E-state index contributed by atoms with van der Waals surface area (Å²) in [6.07, 6.45) is 3.83. The molecule has 2 heterocycles. The Morgan fingerprint density at radius 2 is 1.07 bits per heavy atom. The van der Waals surface area contributed by atoms with Crippen LogP contribution in [-0.4, -0.2) is 9.97 Å². The van der Waals surface area contributed by atoms with Crippen LogP contribution >= 0.6 is 0 Å². The van der Waals surface area contributed by atoms with Crippen LogP contribution in [0.3, 0.4) is 0 Å². The average Bonchev–Trinajstić information content (AvgIpc) is 3.29. The molecule has 0 atom stereocenters. The molecule has 0 aliphatic heterocycles. The quantitative estimate of drug-likeness (QED) is 0.142. The van der Waals surface area contributed by atoms with Crippen molar-refractivity contribution in [3.63, 3.8) is 0 Å². The van der Waals surface area contributed by atoms with Gasteiger partial charge in [0.2, 0.25) is 0 Å². The summed E-state index contributed by atoms with van der Waals surface area (Å²) < 4.78 is 14.0. The van der Waals surface area contributed by atoms with Crippen LogP contribution in [0.5, 0.6) is 0 Å². The van der Waals surface area contributed by atoms with Crippen LogP contribution in [0, 0.1) is 31.4 Å². The van der Waals surface area contributed by atoms with E-state index in [9.17, 15) is 4.39 Å². The Morgan fingerprint density at radius 3 is 1.73 bits per heavy atom. The fourth-order valence-electron chi connectivity index (χ4n) is 7.54. The van der Waals surface area contributed by atoms with Crippen LogP contribution in [0.15, 0.2) is 188 Å². The van der Waals surface area contributed by atoms with Crippen molar-refractivity contribution < 1.29 is 24.5 Å². The van der Waals surface area contributed by atoms with Gasteiger partial charge in [0.15, 0.2) is 0 Å². The van der Waals surface area contributed by atoms with E-state index in [1.165, 1.54) is 17.7 Å². The first-order chi connectivity index (χ1) is 28.5. The second kappa shape index (κ2) is 17.2. The van der Waals surface area contributed by atoms with Gasteiger partial charge in [0, 0.05) is 43.9 Å². The maximum atomic E-state index is 14.0. The van der Waals surface area contributed by atoms with Crippen LogP contribution in [-0.2, 0) is 20.1 Å². The fourth-order valence-corrected chi connectivity index (χ4v) is 7.54. The third-order valence-electron chi connectivity index (χ3n) is 10.4. The van der Waals surface area contributed by atoms with Gasteiger partial charge in [0.05, 0.1) is 6.57 Å². The Hall–Kier alpha value is -7.09. The maximum Gasteiger partial charge on any atom is 0.142 e. The monoisotopic (exact) mass is 936 g/mol. The zero-order valence-electron chi connectivity index (χ0n) is 32.0. The third kappa shape index (κ3) is 8.06. The minimum Gasteiger partial charge on any atom is -0.304 e. The number of hydrogen-bond acceptors (Lipinski definition) is 2. The van der Waals surface area contributed by atoms with Crippen LogP contribution in [0.4, 0.5) is 10.1 Å². The summed E-state index contributed by atoms with van der Waals surface area (Å²) >= 11 is 0.